The number of nitrogens with zero attached hydrogens (tertiary/aromatic N) is 1. The first kappa shape index (κ1) is 21.3. The zero-order valence-electron chi connectivity index (χ0n) is 16.2. The van der Waals surface area contributed by atoms with Crippen LogP contribution >= 0.6 is 0 Å². The van der Waals surface area contributed by atoms with Crippen molar-refractivity contribution >= 4 is 30.9 Å². The van der Waals surface area contributed by atoms with Gasteiger partial charge in [0.25, 0.3) is 5.69 Å². The minimum atomic E-state index is -2.49. The molecule has 2 rings (SSSR count). The van der Waals surface area contributed by atoms with E-state index in [0.717, 1.165) is 5.19 Å². The van der Waals surface area contributed by atoms with Crippen LogP contribution < -0.4 is 5.19 Å². The number of hydrogen-bond acceptors (Lipinski definition) is 6. The molecule has 0 radical (unpaired) electrons. The minimum Gasteiger partial charge on any atom is -0.468 e. The molecule has 0 saturated heterocycles. The summed E-state index contributed by atoms with van der Waals surface area (Å²) in [6, 6.07) is 15.6. The molecule has 0 N–H and O–H groups in total. The van der Waals surface area contributed by atoms with E-state index in [1.807, 2.05) is 43.4 Å². The van der Waals surface area contributed by atoms with Gasteiger partial charge in [0.05, 0.1) is 27.2 Å². The molecule has 2 aromatic rings. The third-order valence-corrected chi connectivity index (χ3v) is 9.04. The number of carbonyl (C=O) groups excluding carboxylic acids is 2. The van der Waals surface area contributed by atoms with Crippen LogP contribution in [0.15, 0.2) is 54.6 Å². The van der Waals surface area contributed by atoms with Crippen molar-refractivity contribution < 1.29 is 24.0 Å². The first-order valence-electron chi connectivity index (χ1n) is 8.69. The highest BCUT2D eigenvalue weighted by molar-refractivity contribution is 6.91. The molecule has 1 atom stereocenters. The number of ether oxygens (including phenoxy) is 2. The van der Waals surface area contributed by atoms with Crippen molar-refractivity contribution in [3.05, 3.63) is 70.3 Å². The van der Waals surface area contributed by atoms with Crippen molar-refractivity contribution in [2.24, 2.45) is 5.92 Å². The van der Waals surface area contributed by atoms with Gasteiger partial charge < -0.3 is 9.47 Å². The van der Waals surface area contributed by atoms with E-state index in [9.17, 15) is 19.7 Å². The minimum absolute atomic E-state index is 0.0608. The van der Waals surface area contributed by atoms with Gasteiger partial charge in [0, 0.05) is 17.7 Å². The van der Waals surface area contributed by atoms with E-state index in [4.69, 9.17) is 9.47 Å². The van der Waals surface area contributed by atoms with Crippen molar-refractivity contribution in [3.63, 3.8) is 0 Å². The van der Waals surface area contributed by atoms with Crippen LogP contribution in [0.2, 0.25) is 13.1 Å². The Bertz CT molecular complexity index is 835. The van der Waals surface area contributed by atoms with E-state index in [2.05, 4.69) is 0 Å². The van der Waals surface area contributed by atoms with Crippen molar-refractivity contribution in [1.29, 1.82) is 0 Å². The third-order valence-electron chi connectivity index (χ3n) is 5.00. The molecule has 0 fully saturated rings. The standard InChI is InChI=1S/C20H23NO6Si/c1-26-19(22)17(20(23)27-2)18(14-10-12-15(13-11-14)21(24)25)28(3,4)16-8-6-5-7-9-16/h5-13,17-18H,1-4H3. The first-order valence-corrected chi connectivity index (χ1v) is 11.8. The summed E-state index contributed by atoms with van der Waals surface area (Å²) in [6.45, 7) is 4.10. The molecule has 0 bridgehead atoms. The summed E-state index contributed by atoms with van der Waals surface area (Å²) in [5.74, 6) is -2.54. The van der Waals surface area contributed by atoms with E-state index in [1.54, 1.807) is 12.1 Å². The Balaban J connectivity index is 2.67. The van der Waals surface area contributed by atoms with E-state index < -0.39 is 36.4 Å². The van der Waals surface area contributed by atoms with Gasteiger partial charge in [-0.05, 0) is 5.56 Å². The zero-order chi connectivity index (χ0) is 20.9. The first-order chi connectivity index (χ1) is 13.2. The Kier molecular flexibility index (Phi) is 6.69. The molecule has 0 heterocycles. The molecule has 0 spiro atoms. The monoisotopic (exact) mass is 401 g/mol. The Hall–Kier alpha value is -3.00. The Morgan fingerprint density at radius 1 is 0.929 bits per heavy atom. The summed E-state index contributed by atoms with van der Waals surface area (Å²) in [5.41, 5.74) is 0.0666. The molecule has 0 aromatic heterocycles. The average Bonchev–Trinajstić information content (AvgIpc) is 2.71. The van der Waals surface area contributed by atoms with Crippen LogP contribution in [0.5, 0.6) is 0 Å². The molecular formula is C20H23NO6Si. The van der Waals surface area contributed by atoms with Crippen LogP contribution in [0.3, 0.4) is 0 Å². The second kappa shape index (κ2) is 8.79. The Morgan fingerprint density at radius 2 is 1.43 bits per heavy atom. The number of benzene rings is 2. The maximum atomic E-state index is 12.6. The van der Waals surface area contributed by atoms with Crippen molar-refractivity contribution in [1.82, 2.24) is 0 Å². The van der Waals surface area contributed by atoms with E-state index in [0.29, 0.717) is 5.56 Å². The second-order valence-electron chi connectivity index (χ2n) is 6.94. The SMILES string of the molecule is COC(=O)C(C(=O)OC)C(c1ccc([N+](=O)[O-])cc1)[Si](C)(C)c1ccccc1. The van der Waals surface area contributed by atoms with E-state index in [1.165, 1.54) is 26.4 Å². The molecule has 148 valence electrons. The number of nitro groups is 1. The molecule has 0 aliphatic heterocycles. The van der Waals surface area contributed by atoms with Gasteiger partial charge in [-0.1, -0.05) is 60.7 Å². The lowest BCUT2D eigenvalue weighted by molar-refractivity contribution is -0.384. The van der Waals surface area contributed by atoms with Crippen LogP contribution in [0.1, 0.15) is 11.1 Å². The van der Waals surface area contributed by atoms with E-state index in [-0.39, 0.29) is 5.69 Å². The van der Waals surface area contributed by atoms with Crippen LogP contribution in [0.25, 0.3) is 0 Å². The van der Waals surface area contributed by atoms with Gasteiger partial charge in [-0.25, -0.2) is 0 Å². The number of carbonyl (C=O) groups is 2. The number of esters is 2. The van der Waals surface area contributed by atoms with Gasteiger partial charge in [-0.15, -0.1) is 0 Å². The number of hydrogen-bond donors (Lipinski definition) is 0. The third kappa shape index (κ3) is 4.28. The summed E-state index contributed by atoms with van der Waals surface area (Å²) in [4.78, 5) is 35.7. The predicted molar refractivity (Wildman–Crippen MR) is 107 cm³/mol. The van der Waals surface area contributed by atoms with Gasteiger partial charge in [0.2, 0.25) is 0 Å². The summed E-state index contributed by atoms with van der Waals surface area (Å²) < 4.78 is 9.81. The molecule has 1 unspecified atom stereocenters. The van der Waals surface area contributed by atoms with Gasteiger partial charge in [-0.3, -0.25) is 19.7 Å². The summed E-state index contributed by atoms with van der Waals surface area (Å²) in [6.07, 6.45) is 0. The smallest absolute Gasteiger partial charge is 0.320 e. The summed E-state index contributed by atoms with van der Waals surface area (Å²) in [7, 11) is -0.0381. The molecular weight excluding hydrogens is 378 g/mol. The lowest BCUT2D eigenvalue weighted by Crippen LogP contribution is -2.53. The number of rotatable bonds is 7. The van der Waals surface area contributed by atoms with Gasteiger partial charge in [0.1, 0.15) is 0 Å². The van der Waals surface area contributed by atoms with Crippen LogP contribution in [-0.4, -0.2) is 39.2 Å². The fourth-order valence-electron chi connectivity index (χ4n) is 3.50. The van der Waals surface area contributed by atoms with Gasteiger partial charge >= 0.3 is 11.9 Å². The maximum absolute atomic E-state index is 12.6. The average molecular weight is 401 g/mol. The molecule has 28 heavy (non-hydrogen) atoms. The fraction of sp³-hybridized carbons (Fsp3) is 0.300. The maximum Gasteiger partial charge on any atom is 0.320 e. The van der Waals surface area contributed by atoms with Crippen LogP contribution in [0.4, 0.5) is 5.69 Å². The topological polar surface area (TPSA) is 95.7 Å². The van der Waals surface area contributed by atoms with E-state index >= 15 is 0 Å². The molecule has 0 aliphatic rings. The highest BCUT2D eigenvalue weighted by Crippen LogP contribution is 2.36. The lowest BCUT2D eigenvalue weighted by atomic mass is 9.98. The van der Waals surface area contributed by atoms with Gasteiger partial charge in [0.15, 0.2) is 5.92 Å². The van der Waals surface area contributed by atoms with Crippen molar-refractivity contribution in [3.8, 4) is 0 Å². The molecule has 8 heteroatoms. The quantitative estimate of drug-likeness (QED) is 0.233. The Morgan fingerprint density at radius 3 is 1.86 bits per heavy atom. The number of non-ortho nitro benzene ring substituents is 1. The van der Waals surface area contributed by atoms with Crippen molar-refractivity contribution in [2.75, 3.05) is 14.2 Å². The Labute approximate surface area is 164 Å². The van der Waals surface area contributed by atoms with Crippen LogP contribution in [0, 0.1) is 16.0 Å². The largest absolute Gasteiger partial charge is 0.468 e. The fourth-order valence-corrected chi connectivity index (χ4v) is 7.04. The lowest BCUT2D eigenvalue weighted by Gasteiger charge is -2.36. The van der Waals surface area contributed by atoms with Crippen molar-refractivity contribution in [2.45, 2.75) is 18.6 Å². The number of methoxy groups -OCH3 is 2. The molecule has 0 saturated carbocycles. The second-order valence-corrected chi connectivity index (χ2v) is 11.6. The van der Waals surface area contributed by atoms with Crippen LogP contribution in [-0.2, 0) is 19.1 Å². The molecule has 2 aromatic carbocycles. The number of nitro benzene ring substituents is 1. The molecule has 0 amide bonds. The summed E-state index contributed by atoms with van der Waals surface area (Å²) >= 11 is 0. The van der Waals surface area contributed by atoms with Gasteiger partial charge in [-0.2, -0.15) is 0 Å². The highest BCUT2D eigenvalue weighted by Gasteiger charge is 2.47. The zero-order valence-corrected chi connectivity index (χ0v) is 17.2. The highest BCUT2D eigenvalue weighted by atomic mass is 28.3. The molecule has 0 aliphatic carbocycles. The molecule has 7 nitrogen and oxygen atoms in total. The predicted octanol–water partition coefficient (Wildman–Crippen LogP) is 2.80. The summed E-state index contributed by atoms with van der Waals surface area (Å²) in [5, 5.41) is 12.0. The normalized spacial score (nSPS) is 12.3.